The van der Waals surface area contributed by atoms with Crippen LogP contribution in [0.4, 0.5) is 0 Å². The van der Waals surface area contributed by atoms with E-state index in [1.807, 2.05) is 0 Å². The summed E-state index contributed by atoms with van der Waals surface area (Å²) in [5.74, 6) is -0.846. The minimum Gasteiger partial charge on any atom is -0.368 e. The Morgan fingerprint density at radius 2 is 2.31 bits per heavy atom. The normalized spacial score (nSPS) is 9.62. The number of carbonyl (C=O) groups excluding carboxylic acids is 2. The predicted molar refractivity (Wildman–Crippen MR) is 53.5 cm³/mol. The first-order chi connectivity index (χ1) is 6.11. The molecule has 0 saturated heterocycles. The summed E-state index contributed by atoms with van der Waals surface area (Å²) in [5, 5.41) is 4.17. The molecule has 6 heteroatoms. The van der Waals surface area contributed by atoms with Crippen molar-refractivity contribution in [2.24, 2.45) is 5.73 Å². The van der Waals surface area contributed by atoms with Crippen molar-refractivity contribution in [3.63, 3.8) is 0 Å². The van der Waals surface area contributed by atoms with Crippen LogP contribution in [0.25, 0.3) is 0 Å². The Balaban J connectivity index is 2.59. The molecule has 0 aliphatic rings. The van der Waals surface area contributed by atoms with Crippen molar-refractivity contribution in [1.82, 2.24) is 5.32 Å². The van der Waals surface area contributed by atoms with Gasteiger partial charge in [-0.3, -0.25) is 9.59 Å². The van der Waals surface area contributed by atoms with E-state index in [-0.39, 0.29) is 12.5 Å². The highest BCUT2D eigenvalue weighted by Gasteiger charge is 2.11. The molecule has 0 fully saturated rings. The van der Waals surface area contributed by atoms with E-state index in [1.54, 1.807) is 11.4 Å². The first kappa shape index (κ1) is 10.2. The summed E-state index contributed by atoms with van der Waals surface area (Å²) in [5.41, 5.74) is 4.87. The summed E-state index contributed by atoms with van der Waals surface area (Å²) < 4.78 is 0.722. The zero-order valence-corrected chi connectivity index (χ0v) is 8.94. The molecular weight excluding hydrogens is 256 g/mol. The second-order valence-corrected chi connectivity index (χ2v) is 4.02. The maximum atomic E-state index is 11.3. The molecule has 1 aromatic heterocycles. The molecule has 70 valence electrons. The number of nitrogens with one attached hydrogen (secondary N) is 1. The van der Waals surface area contributed by atoms with Gasteiger partial charge in [-0.25, -0.2) is 0 Å². The van der Waals surface area contributed by atoms with E-state index in [0.717, 1.165) is 4.47 Å². The zero-order chi connectivity index (χ0) is 9.84. The quantitative estimate of drug-likeness (QED) is 0.843. The maximum absolute atomic E-state index is 11.3. The Labute approximate surface area is 87.2 Å². The van der Waals surface area contributed by atoms with Gasteiger partial charge in [0.2, 0.25) is 5.91 Å². The number of primary amides is 1. The first-order valence-corrected chi connectivity index (χ1v) is 5.08. The van der Waals surface area contributed by atoms with Crippen LogP contribution in [0.5, 0.6) is 0 Å². The Kier molecular flexibility index (Phi) is 3.44. The number of hydrogen-bond acceptors (Lipinski definition) is 3. The highest BCUT2D eigenvalue weighted by Crippen LogP contribution is 2.21. The number of amides is 2. The Morgan fingerprint density at radius 3 is 2.77 bits per heavy atom. The highest BCUT2D eigenvalue weighted by atomic mass is 79.9. The third-order valence-electron chi connectivity index (χ3n) is 1.25. The number of hydrogen-bond donors (Lipinski definition) is 2. The van der Waals surface area contributed by atoms with Crippen LogP contribution in [-0.4, -0.2) is 18.4 Å². The fourth-order valence-corrected chi connectivity index (χ4v) is 2.17. The predicted octanol–water partition coefficient (Wildman–Crippen LogP) is 0.726. The lowest BCUT2D eigenvalue weighted by Gasteiger charge is -1.99. The molecule has 1 rings (SSSR count). The third kappa shape index (κ3) is 2.82. The summed E-state index contributed by atoms with van der Waals surface area (Å²) in [7, 11) is 0. The largest absolute Gasteiger partial charge is 0.368 e. The van der Waals surface area contributed by atoms with E-state index in [2.05, 4.69) is 21.2 Å². The van der Waals surface area contributed by atoms with Crippen molar-refractivity contribution in [2.75, 3.05) is 6.54 Å². The highest BCUT2D eigenvalue weighted by molar-refractivity contribution is 9.10. The van der Waals surface area contributed by atoms with Gasteiger partial charge in [-0.1, -0.05) is 0 Å². The maximum Gasteiger partial charge on any atom is 0.262 e. The molecule has 1 heterocycles. The fourth-order valence-electron chi connectivity index (χ4n) is 0.703. The van der Waals surface area contributed by atoms with Crippen molar-refractivity contribution in [2.45, 2.75) is 0 Å². The van der Waals surface area contributed by atoms with Crippen molar-refractivity contribution in [3.05, 3.63) is 20.8 Å². The molecule has 0 bridgehead atoms. The zero-order valence-electron chi connectivity index (χ0n) is 6.54. The van der Waals surface area contributed by atoms with Crippen LogP contribution in [0.2, 0.25) is 0 Å². The van der Waals surface area contributed by atoms with Crippen LogP contribution in [0.15, 0.2) is 15.9 Å². The molecule has 1 aromatic rings. The van der Waals surface area contributed by atoms with Crippen molar-refractivity contribution >= 4 is 39.1 Å². The molecule has 3 N–H and O–H groups in total. The van der Waals surface area contributed by atoms with Crippen LogP contribution in [-0.2, 0) is 4.79 Å². The molecule has 0 unspecified atom stereocenters. The lowest BCUT2D eigenvalue weighted by atomic mass is 10.4. The average molecular weight is 263 g/mol. The van der Waals surface area contributed by atoms with Gasteiger partial charge < -0.3 is 11.1 Å². The minimum atomic E-state index is -0.555. The summed E-state index contributed by atoms with van der Waals surface area (Å²) in [6.07, 6.45) is 0. The molecule has 0 aliphatic heterocycles. The molecule has 2 amide bonds. The summed E-state index contributed by atoms with van der Waals surface area (Å²) >= 11 is 4.51. The van der Waals surface area contributed by atoms with E-state index in [0.29, 0.717) is 4.88 Å². The molecule has 0 atom stereocenters. The summed E-state index contributed by atoms with van der Waals surface area (Å²) in [6, 6.07) is 1.77. The van der Waals surface area contributed by atoms with Gasteiger partial charge in [0.25, 0.3) is 5.91 Å². The van der Waals surface area contributed by atoms with E-state index >= 15 is 0 Å². The van der Waals surface area contributed by atoms with Crippen LogP contribution < -0.4 is 11.1 Å². The van der Waals surface area contributed by atoms with Crippen LogP contribution >= 0.6 is 27.3 Å². The lowest BCUT2D eigenvalue weighted by molar-refractivity contribution is -0.117. The van der Waals surface area contributed by atoms with Crippen LogP contribution in [0.1, 0.15) is 9.67 Å². The fraction of sp³-hybridized carbons (Fsp3) is 0.143. The smallest absolute Gasteiger partial charge is 0.262 e. The number of halogens is 1. The van der Waals surface area contributed by atoms with Gasteiger partial charge in [-0.2, -0.15) is 0 Å². The second kappa shape index (κ2) is 4.38. The summed E-state index contributed by atoms with van der Waals surface area (Å²) in [4.78, 5) is 22.2. The van der Waals surface area contributed by atoms with E-state index < -0.39 is 5.91 Å². The molecule has 0 spiro atoms. The molecule has 4 nitrogen and oxygen atoms in total. The summed E-state index contributed by atoms with van der Waals surface area (Å²) in [6.45, 7) is -0.136. The van der Waals surface area contributed by atoms with Crippen molar-refractivity contribution in [3.8, 4) is 0 Å². The number of nitrogens with two attached hydrogens (primary N) is 1. The van der Waals surface area contributed by atoms with E-state index in [9.17, 15) is 9.59 Å². The lowest BCUT2D eigenvalue weighted by Crippen LogP contribution is -2.32. The number of rotatable bonds is 3. The van der Waals surface area contributed by atoms with E-state index in [1.165, 1.54) is 11.3 Å². The molecule has 0 saturated carbocycles. The van der Waals surface area contributed by atoms with Crippen molar-refractivity contribution in [1.29, 1.82) is 0 Å². The number of thiophene rings is 1. The van der Waals surface area contributed by atoms with Gasteiger partial charge in [0.15, 0.2) is 0 Å². The van der Waals surface area contributed by atoms with Gasteiger partial charge >= 0.3 is 0 Å². The second-order valence-electron chi connectivity index (χ2n) is 2.25. The monoisotopic (exact) mass is 262 g/mol. The van der Waals surface area contributed by atoms with Gasteiger partial charge in [0, 0.05) is 4.47 Å². The SMILES string of the molecule is NC(=O)CNC(=O)c1sccc1Br. The number of carbonyl (C=O) groups is 2. The molecule has 13 heavy (non-hydrogen) atoms. The minimum absolute atomic E-state index is 0.136. The Hall–Kier alpha value is -0.880. The van der Waals surface area contributed by atoms with Gasteiger partial charge in [-0.15, -0.1) is 11.3 Å². The molecule has 0 radical (unpaired) electrons. The van der Waals surface area contributed by atoms with Gasteiger partial charge in [-0.05, 0) is 27.4 Å². The standard InChI is InChI=1S/C7H7BrN2O2S/c8-4-1-2-13-6(4)7(12)10-3-5(9)11/h1-2H,3H2,(H2,9,11)(H,10,12). The van der Waals surface area contributed by atoms with Crippen LogP contribution in [0.3, 0.4) is 0 Å². The topological polar surface area (TPSA) is 72.2 Å². The molecular formula is C7H7BrN2O2S. The molecule has 0 aromatic carbocycles. The average Bonchev–Trinajstić information content (AvgIpc) is 2.47. The Bertz CT molecular complexity index is 337. The van der Waals surface area contributed by atoms with Gasteiger partial charge in [0.05, 0.1) is 6.54 Å². The van der Waals surface area contributed by atoms with E-state index in [4.69, 9.17) is 5.73 Å². The van der Waals surface area contributed by atoms with Crippen molar-refractivity contribution < 1.29 is 9.59 Å². The van der Waals surface area contributed by atoms with Crippen LogP contribution in [0, 0.1) is 0 Å². The Morgan fingerprint density at radius 1 is 1.62 bits per heavy atom. The van der Waals surface area contributed by atoms with Gasteiger partial charge in [0.1, 0.15) is 4.88 Å². The third-order valence-corrected chi connectivity index (χ3v) is 3.08. The first-order valence-electron chi connectivity index (χ1n) is 3.40. The molecule has 0 aliphatic carbocycles.